The fourth-order valence-electron chi connectivity index (χ4n) is 4.55. The van der Waals surface area contributed by atoms with Crippen LogP contribution in [0.1, 0.15) is 89.9 Å². The summed E-state index contributed by atoms with van der Waals surface area (Å²) in [6.45, 7) is 0.647. The van der Waals surface area contributed by atoms with Crippen LogP contribution in [0.5, 0.6) is 11.5 Å². The van der Waals surface area contributed by atoms with Crippen molar-refractivity contribution in [2.75, 3.05) is 6.61 Å². The van der Waals surface area contributed by atoms with Gasteiger partial charge < -0.3 is 19.4 Å². The minimum Gasteiger partial charge on any atom is -0.508 e. The molecule has 0 radical (unpaired) electrons. The molecule has 0 bridgehead atoms. The number of ether oxygens (including phenoxy) is 1. The molecule has 0 amide bonds. The maximum atomic E-state index is 12.9. The molecule has 1 aromatic heterocycles. The number of rotatable bonds is 18. The normalized spacial score (nSPS) is 11.1. The van der Waals surface area contributed by atoms with E-state index >= 15 is 0 Å². The van der Waals surface area contributed by atoms with Crippen LogP contribution in [0.4, 0.5) is 0 Å². The van der Waals surface area contributed by atoms with Gasteiger partial charge in [0.05, 0.1) is 17.6 Å². The molecule has 200 valence electrons. The van der Waals surface area contributed by atoms with Gasteiger partial charge in [-0.2, -0.15) is 0 Å². The van der Waals surface area contributed by atoms with E-state index in [1.807, 2.05) is 6.07 Å². The maximum absolute atomic E-state index is 12.9. The molecule has 0 saturated heterocycles. The molecule has 3 rings (SSSR count). The van der Waals surface area contributed by atoms with Gasteiger partial charge in [0.1, 0.15) is 23.3 Å². The van der Waals surface area contributed by atoms with Crippen molar-refractivity contribution in [1.82, 2.24) is 0 Å². The third-order valence-corrected chi connectivity index (χ3v) is 6.73. The zero-order chi connectivity index (χ0) is 26.3. The average Bonchev–Trinajstić information content (AvgIpc) is 2.89. The van der Waals surface area contributed by atoms with Crippen LogP contribution in [0.3, 0.4) is 0 Å². The molecule has 2 aromatic carbocycles. The van der Waals surface area contributed by atoms with Crippen LogP contribution in [0, 0.1) is 0 Å². The Kier molecular flexibility index (Phi) is 12.0. The molecule has 37 heavy (non-hydrogen) atoms. The molecule has 0 fully saturated rings. The van der Waals surface area contributed by atoms with Crippen LogP contribution >= 0.6 is 0 Å². The highest BCUT2D eigenvalue weighted by Crippen LogP contribution is 2.24. The van der Waals surface area contributed by atoms with Crippen molar-refractivity contribution in [2.45, 2.75) is 89.9 Å². The number of hydrogen-bond donors (Lipinski definition) is 2. The van der Waals surface area contributed by atoms with Crippen molar-refractivity contribution in [1.29, 1.82) is 0 Å². The lowest BCUT2D eigenvalue weighted by atomic mass is 10.0. The highest BCUT2D eigenvalue weighted by atomic mass is 16.5. The number of phenols is 1. The highest BCUT2D eigenvalue weighted by molar-refractivity contribution is 5.82. The molecule has 2 N–H and O–H groups in total. The third-order valence-electron chi connectivity index (χ3n) is 6.73. The number of carboxylic acids is 1. The molecule has 0 unspecified atom stereocenters. The Morgan fingerprint density at radius 3 is 1.92 bits per heavy atom. The zero-order valence-electron chi connectivity index (χ0n) is 21.8. The van der Waals surface area contributed by atoms with Crippen molar-refractivity contribution in [2.24, 2.45) is 0 Å². The lowest BCUT2D eigenvalue weighted by molar-refractivity contribution is -0.137. The van der Waals surface area contributed by atoms with Gasteiger partial charge in [-0.25, -0.2) is 0 Å². The molecule has 0 aliphatic rings. The number of aliphatic carboxylic acids is 1. The molecular formula is C31H40O6. The first-order chi connectivity index (χ1) is 18.0. The van der Waals surface area contributed by atoms with E-state index in [9.17, 15) is 14.7 Å². The third kappa shape index (κ3) is 9.95. The van der Waals surface area contributed by atoms with E-state index in [0.29, 0.717) is 40.9 Å². The summed E-state index contributed by atoms with van der Waals surface area (Å²) in [5.74, 6) is 0.174. The Morgan fingerprint density at radius 2 is 1.32 bits per heavy atom. The van der Waals surface area contributed by atoms with Gasteiger partial charge in [0.25, 0.3) is 0 Å². The first-order valence-corrected chi connectivity index (χ1v) is 13.7. The van der Waals surface area contributed by atoms with E-state index in [1.54, 1.807) is 36.4 Å². The second-order valence-corrected chi connectivity index (χ2v) is 9.77. The molecule has 6 heteroatoms. The zero-order valence-corrected chi connectivity index (χ0v) is 21.8. The molecule has 0 atom stereocenters. The van der Waals surface area contributed by atoms with Crippen molar-refractivity contribution < 1.29 is 24.2 Å². The molecule has 0 saturated carbocycles. The summed E-state index contributed by atoms with van der Waals surface area (Å²) in [7, 11) is 0. The molecule has 3 aromatic rings. The van der Waals surface area contributed by atoms with Crippen molar-refractivity contribution in [3.63, 3.8) is 0 Å². The molecule has 0 aliphatic heterocycles. The predicted octanol–water partition coefficient (Wildman–Crippen LogP) is 8.09. The smallest absolute Gasteiger partial charge is 0.303 e. The number of carbonyl (C=O) groups is 1. The summed E-state index contributed by atoms with van der Waals surface area (Å²) in [6.07, 6.45) is 17.1. The van der Waals surface area contributed by atoms with Crippen molar-refractivity contribution in [3.05, 3.63) is 59.0 Å². The number of fused-ring (bicyclic) bond motifs is 1. The predicted molar refractivity (Wildman–Crippen MR) is 147 cm³/mol. The summed E-state index contributed by atoms with van der Waals surface area (Å²) in [4.78, 5) is 23.3. The van der Waals surface area contributed by atoms with E-state index in [-0.39, 0.29) is 11.2 Å². The van der Waals surface area contributed by atoms with Crippen LogP contribution in [0.25, 0.3) is 22.1 Å². The lowest BCUT2D eigenvalue weighted by Crippen LogP contribution is -2.05. The van der Waals surface area contributed by atoms with Crippen LogP contribution < -0.4 is 10.2 Å². The molecule has 0 aliphatic carbocycles. The van der Waals surface area contributed by atoms with Gasteiger partial charge in [-0.15, -0.1) is 0 Å². The standard InChI is InChI=1S/C31H40O6/c32-25-17-15-24(16-18-25)28-23-37-29-22-26(19-20-27(29)31(28)35)36-21-13-11-9-7-5-3-1-2-4-6-8-10-12-14-30(33)34/h15-20,22-23,32H,1-14,21H2,(H,33,34). The summed E-state index contributed by atoms with van der Waals surface area (Å²) >= 11 is 0. The van der Waals surface area contributed by atoms with Gasteiger partial charge in [-0.3, -0.25) is 9.59 Å². The number of aromatic hydroxyl groups is 1. The van der Waals surface area contributed by atoms with Gasteiger partial charge in [0.15, 0.2) is 5.43 Å². The van der Waals surface area contributed by atoms with Gasteiger partial charge in [-0.1, -0.05) is 82.8 Å². The Bertz CT molecular complexity index is 1150. The number of hydrogen-bond acceptors (Lipinski definition) is 5. The van der Waals surface area contributed by atoms with E-state index in [2.05, 4.69) is 0 Å². The summed E-state index contributed by atoms with van der Waals surface area (Å²) in [5, 5.41) is 18.6. The first-order valence-electron chi connectivity index (χ1n) is 13.7. The van der Waals surface area contributed by atoms with Crippen molar-refractivity contribution >= 4 is 16.9 Å². The van der Waals surface area contributed by atoms with Gasteiger partial charge >= 0.3 is 5.97 Å². The van der Waals surface area contributed by atoms with Gasteiger partial charge in [0.2, 0.25) is 0 Å². The molecule has 6 nitrogen and oxygen atoms in total. The number of benzene rings is 2. The monoisotopic (exact) mass is 508 g/mol. The first kappa shape index (κ1) is 28.3. The highest BCUT2D eigenvalue weighted by Gasteiger charge is 2.10. The number of carboxylic acid groups (broad SMARTS) is 1. The van der Waals surface area contributed by atoms with Crippen LogP contribution in [0.2, 0.25) is 0 Å². The van der Waals surface area contributed by atoms with Crippen molar-refractivity contribution in [3.8, 4) is 22.6 Å². The van der Waals surface area contributed by atoms with E-state index in [1.165, 1.54) is 57.6 Å². The minimum absolute atomic E-state index is 0.105. The summed E-state index contributed by atoms with van der Waals surface area (Å²) in [5.41, 5.74) is 1.57. The SMILES string of the molecule is O=C(O)CCCCCCCCCCCCCCCOc1ccc2c(=O)c(-c3ccc(O)cc3)coc2c1. The quantitative estimate of drug-likeness (QED) is 0.169. The molecule has 1 heterocycles. The van der Waals surface area contributed by atoms with E-state index < -0.39 is 5.97 Å². The van der Waals surface area contributed by atoms with E-state index in [0.717, 1.165) is 32.1 Å². The van der Waals surface area contributed by atoms with Gasteiger partial charge in [-0.05, 0) is 42.7 Å². The maximum Gasteiger partial charge on any atom is 0.303 e. The second kappa shape index (κ2) is 15.7. The molecular weight excluding hydrogens is 468 g/mol. The number of unbranched alkanes of at least 4 members (excludes halogenated alkanes) is 12. The Morgan fingerprint density at radius 1 is 0.757 bits per heavy atom. The lowest BCUT2D eigenvalue weighted by Gasteiger charge is -2.08. The Labute approximate surface area is 219 Å². The van der Waals surface area contributed by atoms with Crippen LogP contribution in [-0.4, -0.2) is 22.8 Å². The minimum atomic E-state index is -0.684. The Hall–Kier alpha value is -3.28. The largest absolute Gasteiger partial charge is 0.508 e. The Balaban J connectivity index is 1.24. The fourth-order valence-corrected chi connectivity index (χ4v) is 4.55. The van der Waals surface area contributed by atoms with Crippen LogP contribution in [0.15, 0.2) is 57.9 Å². The summed E-state index contributed by atoms with van der Waals surface area (Å²) in [6, 6.07) is 11.8. The summed E-state index contributed by atoms with van der Waals surface area (Å²) < 4.78 is 11.6. The fraction of sp³-hybridized carbons (Fsp3) is 0.484. The topological polar surface area (TPSA) is 97.0 Å². The average molecular weight is 509 g/mol. The number of phenolic OH excluding ortho intramolecular Hbond substituents is 1. The van der Waals surface area contributed by atoms with Gasteiger partial charge in [0, 0.05) is 12.5 Å². The second-order valence-electron chi connectivity index (χ2n) is 9.77. The van der Waals surface area contributed by atoms with E-state index in [4.69, 9.17) is 14.3 Å². The molecule has 0 spiro atoms. The van der Waals surface area contributed by atoms with Crippen LogP contribution in [-0.2, 0) is 4.79 Å².